The molecule has 2 rings (SSSR count). The average molecular weight is 318 g/mol. The molecule has 2 N–H and O–H groups in total. The molecule has 0 aliphatic heterocycles. The highest BCUT2D eigenvalue weighted by Gasteiger charge is 2.15. The Morgan fingerprint density at radius 1 is 1.16 bits per heavy atom. The zero-order chi connectivity index (χ0) is 14.0. The number of nitrogens with two attached hydrogens (primary N) is 1. The Labute approximate surface area is 122 Å². The molecular weight excluding hydrogens is 308 g/mol. The third-order valence-corrected chi connectivity index (χ3v) is 4.83. The zero-order valence-electron chi connectivity index (χ0n) is 9.70. The molecule has 2 nitrogen and oxygen atoms in total. The quantitative estimate of drug-likeness (QED) is 0.869. The minimum Gasteiger partial charge on any atom is -0.399 e. The molecule has 0 saturated carbocycles. The monoisotopic (exact) mass is 317 g/mol. The van der Waals surface area contributed by atoms with E-state index in [9.17, 15) is 8.60 Å². The van der Waals surface area contributed by atoms with Crippen molar-refractivity contribution in [3.8, 4) is 0 Å². The molecule has 6 heteroatoms. The first-order valence-corrected chi connectivity index (χ1v) is 7.43. The van der Waals surface area contributed by atoms with Crippen LogP contribution in [0.4, 0.5) is 10.1 Å². The second-order valence-electron chi connectivity index (χ2n) is 3.89. The summed E-state index contributed by atoms with van der Waals surface area (Å²) in [5.41, 5.74) is 6.09. The number of hydrogen-bond donors (Lipinski definition) is 1. The Bertz CT molecular complexity index is 628. The maximum atomic E-state index is 13.6. The SMILES string of the molecule is Nc1ccc(CS(=O)c2c(Cl)cccc2Cl)c(F)c1. The highest BCUT2D eigenvalue weighted by atomic mass is 35.5. The van der Waals surface area contributed by atoms with Gasteiger partial charge in [-0.1, -0.05) is 35.3 Å². The van der Waals surface area contributed by atoms with Gasteiger partial charge in [0.15, 0.2) is 0 Å². The molecule has 0 amide bonds. The molecule has 19 heavy (non-hydrogen) atoms. The molecular formula is C13H10Cl2FNOS. The van der Waals surface area contributed by atoms with E-state index in [0.717, 1.165) is 0 Å². The smallest absolute Gasteiger partial charge is 0.129 e. The van der Waals surface area contributed by atoms with Crippen LogP contribution < -0.4 is 5.73 Å². The number of hydrogen-bond acceptors (Lipinski definition) is 2. The molecule has 0 heterocycles. The summed E-state index contributed by atoms with van der Waals surface area (Å²) in [6.07, 6.45) is 0. The van der Waals surface area contributed by atoms with Crippen molar-refractivity contribution in [2.24, 2.45) is 0 Å². The molecule has 0 bridgehead atoms. The summed E-state index contributed by atoms with van der Waals surface area (Å²) in [5.74, 6) is -0.494. The van der Waals surface area contributed by atoms with Crippen molar-refractivity contribution in [2.45, 2.75) is 10.6 Å². The van der Waals surface area contributed by atoms with Crippen LogP contribution in [-0.2, 0) is 16.6 Å². The lowest BCUT2D eigenvalue weighted by molar-refractivity contribution is 0.616. The first-order chi connectivity index (χ1) is 8.99. The van der Waals surface area contributed by atoms with Crippen molar-refractivity contribution < 1.29 is 8.60 Å². The van der Waals surface area contributed by atoms with E-state index in [4.69, 9.17) is 28.9 Å². The first-order valence-electron chi connectivity index (χ1n) is 5.35. The Kier molecular flexibility index (Phi) is 4.45. The summed E-state index contributed by atoms with van der Waals surface area (Å²) in [4.78, 5) is 0.321. The van der Waals surface area contributed by atoms with Gasteiger partial charge in [-0.15, -0.1) is 0 Å². The van der Waals surface area contributed by atoms with Crippen LogP contribution in [0.15, 0.2) is 41.3 Å². The summed E-state index contributed by atoms with van der Waals surface area (Å²) >= 11 is 11.9. The van der Waals surface area contributed by atoms with Gasteiger partial charge in [0.1, 0.15) is 5.82 Å². The van der Waals surface area contributed by atoms with E-state index in [0.29, 0.717) is 26.2 Å². The first kappa shape index (κ1) is 14.3. The molecule has 0 fully saturated rings. The van der Waals surface area contributed by atoms with Crippen LogP contribution in [-0.4, -0.2) is 4.21 Å². The molecule has 0 radical (unpaired) electrons. The Balaban J connectivity index is 2.31. The number of nitrogen functional groups attached to an aromatic ring is 1. The van der Waals surface area contributed by atoms with Crippen LogP contribution in [0, 0.1) is 5.82 Å². The Morgan fingerprint density at radius 2 is 1.79 bits per heavy atom. The summed E-state index contributed by atoms with van der Waals surface area (Å²) in [6.45, 7) is 0. The maximum absolute atomic E-state index is 13.6. The van der Waals surface area contributed by atoms with Crippen LogP contribution in [0.3, 0.4) is 0 Å². The number of halogens is 3. The van der Waals surface area contributed by atoms with Crippen LogP contribution >= 0.6 is 23.2 Å². The molecule has 1 atom stereocenters. The van der Waals surface area contributed by atoms with Crippen molar-refractivity contribution in [2.75, 3.05) is 5.73 Å². The highest BCUT2D eigenvalue weighted by molar-refractivity contribution is 7.84. The largest absolute Gasteiger partial charge is 0.399 e. The van der Waals surface area contributed by atoms with Gasteiger partial charge in [0.25, 0.3) is 0 Å². The normalized spacial score (nSPS) is 12.4. The van der Waals surface area contributed by atoms with Gasteiger partial charge in [0, 0.05) is 11.3 Å². The zero-order valence-corrected chi connectivity index (χ0v) is 12.0. The molecule has 0 saturated heterocycles. The van der Waals surface area contributed by atoms with E-state index in [1.54, 1.807) is 24.3 Å². The summed E-state index contributed by atoms with van der Waals surface area (Å²) in [5, 5.41) is 0.614. The van der Waals surface area contributed by atoms with Crippen LogP contribution in [0.5, 0.6) is 0 Å². The van der Waals surface area contributed by atoms with E-state index in [1.165, 1.54) is 12.1 Å². The molecule has 0 aliphatic rings. The van der Waals surface area contributed by atoms with Gasteiger partial charge in [-0.3, -0.25) is 4.21 Å². The molecule has 0 aromatic heterocycles. The van der Waals surface area contributed by atoms with Crippen molar-refractivity contribution >= 4 is 39.7 Å². The summed E-state index contributed by atoms with van der Waals surface area (Å²) < 4.78 is 25.9. The lowest BCUT2D eigenvalue weighted by atomic mass is 10.2. The van der Waals surface area contributed by atoms with Gasteiger partial charge in [-0.25, -0.2) is 4.39 Å². The lowest BCUT2D eigenvalue weighted by Gasteiger charge is -2.08. The predicted molar refractivity (Wildman–Crippen MR) is 77.4 cm³/mol. The van der Waals surface area contributed by atoms with Gasteiger partial charge in [-0.2, -0.15) is 0 Å². The van der Waals surface area contributed by atoms with Crippen LogP contribution in [0.1, 0.15) is 5.56 Å². The van der Waals surface area contributed by atoms with Gasteiger partial charge >= 0.3 is 0 Å². The highest BCUT2D eigenvalue weighted by Crippen LogP contribution is 2.29. The van der Waals surface area contributed by atoms with Gasteiger partial charge in [0.05, 0.1) is 31.5 Å². The Hall–Kier alpha value is -1.10. The predicted octanol–water partition coefficient (Wildman–Crippen LogP) is 4.02. The molecule has 1 unspecified atom stereocenters. The van der Waals surface area contributed by atoms with E-state index < -0.39 is 16.6 Å². The maximum Gasteiger partial charge on any atom is 0.129 e. The second kappa shape index (κ2) is 5.90. The number of anilines is 1. The molecule has 100 valence electrons. The molecule has 2 aromatic rings. The fraction of sp³-hybridized carbons (Fsp3) is 0.0769. The third-order valence-electron chi connectivity index (χ3n) is 2.51. The van der Waals surface area contributed by atoms with Gasteiger partial charge < -0.3 is 5.73 Å². The third kappa shape index (κ3) is 3.26. The summed E-state index contributed by atoms with van der Waals surface area (Å²) in [6, 6.07) is 9.12. The van der Waals surface area contributed by atoms with Crippen LogP contribution in [0.2, 0.25) is 10.0 Å². The standard InChI is InChI=1S/C13H10Cl2FNOS/c14-10-2-1-3-11(15)13(10)19(18)7-8-4-5-9(17)6-12(8)16/h1-6H,7,17H2. The van der Waals surface area contributed by atoms with E-state index in [2.05, 4.69) is 0 Å². The van der Waals surface area contributed by atoms with E-state index in [1.807, 2.05) is 0 Å². The van der Waals surface area contributed by atoms with Gasteiger partial charge in [0.2, 0.25) is 0 Å². The number of benzene rings is 2. The fourth-order valence-electron chi connectivity index (χ4n) is 1.59. The minimum atomic E-state index is -1.52. The minimum absolute atomic E-state index is 0.00440. The van der Waals surface area contributed by atoms with E-state index >= 15 is 0 Å². The average Bonchev–Trinajstić information content (AvgIpc) is 2.32. The van der Waals surface area contributed by atoms with Crippen LogP contribution in [0.25, 0.3) is 0 Å². The molecule has 0 spiro atoms. The summed E-state index contributed by atoms with van der Waals surface area (Å²) in [7, 11) is -1.52. The Morgan fingerprint density at radius 3 is 2.37 bits per heavy atom. The van der Waals surface area contributed by atoms with Crippen molar-refractivity contribution in [3.63, 3.8) is 0 Å². The topological polar surface area (TPSA) is 43.1 Å². The van der Waals surface area contributed by atoms with Crippen molar-refractivity contribution in [1.82, 2.24) is 0 Å². The van der Waals surface area contributed by atoms with E-state index in [-0.39, 0.29) is 5.75 Å². The molecule has 0 aliphatic carbocycles. The van der Waals surface area contributed by atoms with Crippen molar-refractivity contribution in [1.29, 1.82) is 0 Å². The van der Waals surface area contributed by atoms with Gasteiger partial charge in [-0.05, 0) is 24.3 Å². The van der Waals surface area contributed by atoms with Crippen molar-refractivity contribution in [3.05, 3.63) is 57.8 Å². The molecule has 2 aromatic carbocycles. The lowest BCUT2D eigenvalue weighted by Crippen LogP contribution is -2.01. The number of rotatable bonds is 3. The second-order valence-corrected chi connectivity index (χ2v) is 6.09. The fourth-order valence-corrected chi connectivity index (χ4v) is 3.74.